The monoisotopic (exact) mass is 295 g/mol. The second kappa shape index (κ2) is 6.80. The van der Waals surface area contributed by atoms with Crippen molar-refractivity contribution in [3.8, 4) is 17.2 Å². The molecule has 2 rings (SSSR count). The summed E-state index contributed by atoms with van der Waals surface area (Å²) in [7, 11) is 0. The van der Waals surface area contributed by atoms with Gasteiger partial charge in [-0.05, 0) is 12.6 Å². The van der Waals surface area contributed by atoms with Gasteiger partial charge >= 0.3 is 6.03 Å². The first-order valence-electron chi connectivity index (χ1n) is 6.45. The highest BCUT2D eigenvalue weighted by Gasteiger charge is 2.18. The number of carbonyl (C=O) groups excluding carboxylic acids is 2. The van der Waals surface area contributed by atoms with Gasteiger partial charge in [0, 0.05) is 18.2 Å². The van der Waals surface area contributed by atoms with Crippen LogP contribution in [0.15, 0.2) is 12.1 Å². The molecule has 114 valence electrons. The molecule has 1 aliphatic heterocycles. The molecule has 21 heavy (non-hydrogen) atoms. The molecule has 1 heterocycles. The third-order valence-corrected chi connectivity index (χ3v) is 2.74. The van der Waals surface area contributed by atoms with Gasteiger partial charge in [-0.1, -0.05) is 6.92 Å². The highest BCUT2D eigenvalue weighted by atomic mass is 16.7. The van der Waals surface area contributed by atoms with Crippen LogP contribution in [0.1, 0.15) is 12.5 Å². The quantitative estimate of drug-likeness (QED) is 0.686. The summed E-state index contributed by atoms with van der Waals surface area (Å²) in [6.07, 6.45) is 0. The van der Waals surface area contributed by atoms with Crippen LogP contribution in [0.2, 0.25) is 0 Å². The number of nitrogens with one attached hydrogen (secondary N) is 2. The Morgan fingerprint density at radius 1 is 1.33 bits per heavy atom. The largest absolute Gasteiger partial charge is 0.483 e. The van der Waals surface area contributed by atoms with E-state index in [0.29, 0.717) is 23.8 Å². The Hall–Kier alpha value is -2.48. The fourth-order valence-electron chi connectivity index (χ4n) is 1.81. The van der Waals surface area contributed by atoms with Crippen molar-refractivity contribution in [2.24, 2.45) is 5.73 Å². The lowest BCUT2D eigenvalue weighted by Crippen LogP contribution is -2.38. The number of benzene rings is 1. The molecule has 0 saturated heterocycles. The van der Waals surface area contributed by atoms with E-state index in [1.54, 1.807) is 12.1 Å². The van der Waals surface area contributed by atoms with E-state index >= 15 is 0 Å². The zero-order valence-corrected chi connectivity index (χ0v) is 11.6. The van der Waals surface area contributed by atoms with Gasteiger partial charge in [-0.3, -0.25) is 10.1 Å². The first-order chi connectivity index (χ1) is 10.1. The summed E-state index contributed by atoms with van der Waals surface area (Å²) in [4.78, 5) is 21.9. The zero-order valence-electron chi connectivity index (χ0n) is 11.6. The van der Waals surface area contributed by atoms with Crippen LogP contribution in [0.4, 0.5) is 4.79 Å². The number of primary amides is 1. The summed E-state index contributed by atoms with van der Waals surface area (Å²) in [6.45, 7) is 3.16. The molecule has 0 radical (unpaired) electrons. The van der Waals surface area contributed by atoms with Gasteiger partial charge in [-0.2, -0.15) is 0 Å². The van der Waals surface area contributed by atoms with Crippen molar-refractivity contribution in [3.63, 3.8) is 0 Å². The van der Waals surface area contributed by atoms with E-state index < -0.39 is 11.9 Å². The molecule has 0 atom stereocenters. The van der Waals surface area contributed by atoms with Crippen LogP contribution in [0.25, 0.3) is 0 Å². The van der Waals surface area contributed by atoms with E-state index in [1.165, 1.54) is 0 Å². The lowest BCUT2D eigenvalue weighted by atomic mass is 10.1. The zero-order chi connectivity index (χ0) is 15.2. The third kappa shape index (κ3) is 3.99. The average molecular weight is 295 g/mol. The Kier molecular flexibility index (Phi) is 4.83. The molecule has 0 bridgehead atoms. The molecule has 0 spiro atoms. The molecule has 1 aliphatic rings. The van der Waals surface area contributed by atoms with Gasteiger partial charge in [-0.15, -0.1) is 0 Å². The van der Waals surface area contributed by atoms with Gasteiger partial charge in [-0.25, -0.2) is 4.79 Å². The Labute approximate surface area is 121 Å². The maximum Gasteiger partial charge on any atom is 0.318 e. The van der Waals surface area contributed by atoms with Crippen LogP contribution in [-0.2, 0) is 11.3 Å². The number of hydrogen-bond acceptors (Lipinski definition) is 6. The molecular formula is C13H17N3O5. The number of carbonyl (C=O) groups is 2. The molecule has 0 fully saturated rings. The lowest BCUT2D eigenvalue weighted by molar-refractivity contribution is -0.121. The van der Waals surface area contributed by atoms with E-state index in [4.69, 9.17) is 19.9 Å². The first-order valence-corrected chi connectivity index (χ1v) is 6.45. The second-order valence-electron chi connectivity index (χ2n) is 4.29. The molecule has 1 aromatic carbocycles. The van der Waals surface area contributed by atoms with Gasteiger partial charge in [0.15, 0.2) is 18.1 Å². The highest BCUT2D eigenvalue weighted by Crippen LogP contribution is 2.38. The van der Waals surface area contributed by atoms with E-state index in [1.807, 2.05) is 12.2 Å². The van der Waals surface area contributed by atoms with Crippen LogP contribution >= 0.6 is 0 Å². The van der Waals surface area contributed by atoms with Crippen LogP contribution in [-0.4, -0.2) is 31.9 Å². The molecule has 3 amide bonds. The predicted octanol–water partition coefficient (Wildman–Crippen LogP) is 0.0985. The van der Waals surface area contributed by atoms with Crippen LogP contribution < -0.4 is 30.6 Å². The number of imide groups is 1. The number of ether oxygens (including phenoxy) is 3. The molecule has 1 aromatic rings. The minimum atomic E-state index is -0.915. The van der Waals surface area contributed by atoms with E-state index in [2.05, 4.69) is 5.32 Å². The van der Waals surface area contributed by atoms with Crippen molar-refractivity contribution in [2.75, 3.05) is 19.9 Å². The molecular weight excluding hydrogens is 278 g/mol. The van der Waals surface area contributed by atoms with Crippen LogP contribution in [0.3, 0.4) is 0 Å². The second-order valence-corrected chi connectivity index (χ2v) is 4.29. The van der Waals surface area contributed by atoms with Gasteiger partial charge in [0.05, 0.1) is 0 Å². The van der Waals surface area contributed by atoms with E-state index in [0.717, 1.165) is 12.1 Å². The number of rotatable bonds is 6. The Morgan fingerprint density at radius 3 is 2.71 bits per heavy atom. The summed E-state index contributed by atoms with van der Waals surface area (Å²) in [5.41, 5.74) is 5.69. The maximum absolute atomic E-state index is 11.4. The summed E-state index contributed by atoms with van der Waals surface area (Å²) < 4.78 is 16.0. The van der Waals surface area contributed by atoms with Crippen molar-refractivity contribution in [1.82, 2.24) is 10.6 Å². The SMILES string of the molecule is CCNCc1cc2c(cc1OCC(=O)NC(N)=O)OCO2. The normalized spacial score (nSPS) is 12.0. The molecule has 0 aliphatic carbocycles. The van der Waals surface area contributed by atoms with Gasteiger partial charge in [0.2, 0.25) is 6.79 Å². The summed E-state index contributed by atoms with van der Waals surface area (Å²) in [6, 6.07) is 2.54. The van der Waals surface area contributed by atoms with Crippen molar-refractivity contribution < 1.29 is 23.8 Å². The number of nitrogens with two attached hydrogens (primary N) is 1. The van der Waals surface area contributed by atoms with Crippen LogP contribution in [0.5, 0.6) is 17.2 Å². The standard InChI is InChI=1S/C13H17N3O5/c1-2-15-5-8-3-10-11(21-7-20-10)4-9(8)19-6-12(17)16-13(14)18/h3-4,15H,2,5-7H2,1H3,(H3,14,16,17,18). The molecule has 8 heteroatoms. The Morgan fingerprint density at radius 2 is 2.05 bits per heavy atom. The van der Waals surface area contributed by atoms with E-state index in [-0.39, 0.29) is 13.4 Å². The highest BCUT2D eigenvalue weighted by molar-refractivity contribution is 5.94. The fraction of sp³-hybridized carbons (Fsp3) is 0.385. The molecule has 4 N–H and O–H groups in total. The Bertz CT molecular complexity index is 547. The van der Waals surface area contributed by atoms with Gasteiger partial charge < -0.3 is 25.3 Å². The summed E-state index contributed by atoms with van der Waals surface area (Å²) in [5.74, 6) is 1.06. The van der Waals surface area contributed by atoms with Crippen molar-refractivity contribution >= 4 is 11.9 Å². The van der Waals surface area contributed by atoms with E-state index in [9.17, 15) is 9.59 Å². The number of fused-ring (bicyclic) bond motifs is 1. The molecule has 8 nitrogen and oxygen atoms in total. The Balaban J connectivity index is 2.09. The lowest BCUT2D eigenvalue weighted by Gasteiger charge is -2.12. The molecule has 0 saturated carbocycles. The average Bonchev–Trinajstić information content (AvgIpc) is 2.88. The third-order valence-electron chi connectivity index (χ3n) is 2.74. The first kappa shape index (κ1) is 14.9. The number of hydrogen-bond donors (Lipinski definition) is 3. The maximum atomic E-state index is 11.4. The number of urea groups is 1. The summed E-state index contributed by atoms with van der Waals surface area (Å²) in [5, 5.41) is 5.10. The van der Waals surface area contributed by atoms with Crippen molar-refractivity contribution in [2.45, 2.75) is 13.5 Å². The van der Waals surface area contributed by atoms with Gasteiger partial charge in [0.25, 0.3) is 5.91 Å². The summed E-state index contributed by atoms with van der Waals surface area (Å²) >= 11 is 0. The van der Waals surface area contributed by atoms with Gasteiger partial charge in [0.1, 0.15) is 5.75 Å². The minimum absolute atomic E-state index is 0.154. The fourth-order valence-corrected chi connectivity index (χ4v) is 1.81. The molecule has 0 aromatic heterocycles. The van der Waals surface area contributed by atoms with Crippen molar-refractivity contribution in [3.05, 3.63) is 17.7 Å². The predicted molar refractivity (Wildman–Crippen MR) is 73.2 cm³/mol. The van der Waals surface area contributed by atoms with Crippen LogP contribution in [0, 0.1) is 0 Å². The number of amides is 3. The minimum Gasteiger partial charge on any atom is -0.483 e. The smallest absolute Gasteiger partial charge is 0.318 e. The topological polar surface area (TPSA) is 112 Å². The van der Waals surface area contributed by atoms with Crippen molar-refractivity contribution in [1.29, 1.82) is 0 Å². The molecule has 0 unspecified atom stereocenters.